The molecule has 0 amide bonds. The molecule has 0 fully saturated rings. The second-order valence-electron chi connectivity index (χ2n) is 8.30. The lowest BCUT2D eigenvalue weighted by atomic mass is 10.1. The molecular weight excluding hydrogens is 683 g/mol. The van der Waals surface area contributed by atoms with Gasteiger partial charge in [-0.2, -0.15) is 13.1 Å². The van der Waals surface area contributed by atoms with Gasteiger partial charge < -0.3 is 19.8 Å². The van der Waals surface area contributed by atoms with Crippen LogP contribution in [0.25, 0.3) is 10.8 Å². The number of benzene rings is 5. The van der Waals surface area contributed by atoms with E-state index < -0.39 is 30.1 Å². The van der Waals surface area contributed by atoms with Crippen molar-refractivity contribution in [1.29, 1.82) is 0 Å². The predicted molar refractivity (Wildman–Crippen MR) is 201 cm³/mol. The Morgan fingerprint density at radius 3 is 1.54 bits per heavy atom. The number of phenols is 1. The number of hydrogen-bond donors (Lipinski definition) is 1. The van der Waals surface area contributed by atoms with Gasteiger partial charge in [-0.25, -0.2) is 4.79 Å². The molecule has 0 unspecified atom stereocenters. The first-order valence-corrected chi connectivity index (χ1v) is 17.3. The molecule has 0 radical (unpaired) electrons. The average molecular weight is 733 g/mol. The van der Waals surface area contributed by atoms with Gasteiger partial charge in [-0.1, -0.05) is 135 Å². The van der Waals surface area contributed by atoms with Crippen molar-refractivity contribution in [2.75, 3.05) is 6.79 Å². The van der Waals surface area contributed by atoms with Crippen molar-refractivity contribution in [1.82, 2.24) is 0 Å². The van der Waals surface area contributed by atoms with Crippen LogP contribution < -0.4 is 9.99 Å². The molecule has 50 heavy (non-hydrogen) atoms. The van der Waals surface area contributed by atoms with Crippen LogP contribution in [0, 0.1) is 0 Å². The van der Waals surface area contributed by atoms with Gasteiger partial charge in [0.15, 0.2) is 14.7 Å². The molecule has 0 aliphatic heterocycles. The maximum atomic E-state index is 13.1. The summed E-state index contributed by atoms with van der Waals surface area (Å²) in [6, 6.07) is 41.6. The lowest BCUT2D eigenvalue weighted by molar-refractivity contribution is -0.777. The molecule has 0 saturated carbocycles. The van der Waals surface area contributed by atoms with Gasteiger partial charge in [0.1, 0.15) is 23.5 Å². The molecule has 0 spiro atoms. The van der Waals surface area contributed by atoms with Gasteiger partial charge in [0, 0.05) is 10.8 Å². The second kappa shape index (κ2) is 27.7. The summed E-state index contributed by atoms with van der Waals surface area (Å²) >= 11 is -0.794. The quantitative estimate of drug-likeness (QED) is 0.0378. The number of hydrogen-bond acceptors (Lipinski definition) is 8. The molecule has 0 aliphatic carbocycles. The highest BCUT2D eigenvalue weighted by atomic mass is 32.2. The second-order valence-corrected chi connectivity index (χ2v) is 11.1. The van der Waals surface area contributed by atoms with E-state index in [1.807, 2.05) is 41.5 Å². The molecule has 0 atom stereocenters. The molecule has 0 aromatic heterocycles. The van der Waals surface area contributed by atoms with Gasteiger partial charge in [0.05, 0.1) is 10.9 Å². The predicted octanol–water partition coefficient (Wildman–Crippen LogP) is 11.0. The van der Waals surface area contributed by atoms with E-state index in [1.54, 1.807) is 24.3 Å². The number of esters is 1. The normalized spacial score (nSPS) is 9.64. The van der Waals surface area contributed by atoms with Crippen molar-refractivity contribution in [2.45, 2.75) is 76.3 Å². The van der Waals surface area contributed by atoms with Crippen molar-refractivity contribution in [3.05, 3.63) is 127 Å². The summed E-state index contributed by atoms with van der Waals surface area (Å²) in [5, 5.41) is 18.8. The van der Waals surface area contributed by atoms with E-state index in [2.05, 4.69) is 105 Å². The fraction of sp³-hybridized carbons (Fsp3) is 0.256. The summed E-state index contributed by atoms with van der Waals surface area (Å²) in [5.74, 6) is -1.73. The van der Waals surface area contributed by atoms with Crippen LogP contribution in [0.15, 0.2) is 142 Å². The van der Waals surface area contributed by atoms with Crippen LogP contribution in [0.3, 0.4) is 0 Å². The number of carbonyl (C=O) groups is 1. The first-order valence-electron chi connectivity index (χ1n) is 15.3. The Labute approximate surface area is 303 Å². The standard InChI is InChI=1S/C18H15S.C13H10F2O7S.3C2H6.2CH4/c1-4-10-16(11-5-1)19(17-12-6-2-7-13-17)18-14-8-3-9-15-18;14-13(15,23-22-21-18)12(17)20-7-19-11-6-2-3-8-9(11)4-1-5-10(8)16;3*1-2;;/h1-15H;1-6,16,18H,7H2;3*1-2H3;2*1H4/q+1;;;;;;/p-1. The van der Waals surface area contributed by atoms with Crippen LogP contribution in [0.4, 0.5) is 8.78 Å². The minimum atomic E-state index is -4.13. The Morgan fingerprint density at radius 1 is 0.680 bits per heavy atom. The van der Waals surface area contributed by atoms with Gasteiger partial charge in [-0.05, 0) is 48.5 Å². The highest BCUT2D eigenvalue weighted by molar-refractivity contribution is 7.97. The third kappa shape index (κ3) is 15.2. The molecule has 5 aromatic rings. The largest absolute Gasteiger partial charge is 0.691 e. The number of phenolic OH excluding ortho intramolecular Hbond substituents is 1. The van der Waals surface area contributed by atoms with E-state index in [0.29, 0.717) is 10.8 Å². The third-order valence-corrected chi connectivity index (χ3v) is 8.33. The SMILES string of the molecule is C.C.CC.CC.CC.O=C(OCOc1cccc2c(O)cccc12)C(F)(F)SOO[O-].c1ccc([S+](c2ccccc2)c2ccccc2)cc1. The zero-order chi connectivity index (χ0) is 35.8. The molecule has 11 heteroatoms. The maximum absolute atomic E-state index is 13.1. The van der Waals surface area contributed by atoms with Crippen molar-refractivity contribution in [3.63, 3.8) is 0 Å². The zero-order valence-corrected chi connectivity index (χ0v) is 29.4. The monoisotopic (exact) mass is 732 g/mol. The number of aromatic hydroxyl groups is 1. The number of ether oxygens (including phenoxy) is 2. The molecule has 0 heterocycles. The first kappa shape index (κ1) is 48.0. The molecule has 0 bridgehead atoms. The zero-order valence-electron chi connectivity index (χ0n) is 27.8. The van der Waals surface area contributed by atoms with Crippen molar-refractivity contribution in [3.8, 4) is 11.5 Å². The smallest absolute Gasteiger partial charge is 0.415 e. The van der Waals surface area contributed by atoms with E-state index in [-0.39, 0.29) is 37.2 Å². The Balaban J connectivity index is 0. The molecule has 274 valence electrons. The first-order chi connectivity index (χ1) is 23.4. The molecule has 0 saturated heterocycles. The van der Waals surface area contributed by atoms with Gasteiger partial charge >= 0.3 is 11.2 Å². The van der Waals surface area contributed by atoms with E-state index in [1.165, 1.54) is 26.8 Å². The van der Waals surface area contributed by atoms with Gasteiger partial charge in [0.2, 0.25) is 6.79 Å². The van der Waals surface area contributed by atoms with Gasteiger partial charge in [0.25, 0.3) is 0 Å². The minimum absolute atomic E-state index is 0. The van der Waals surface area contributed by atoms with Crippen molar-refractivity contribution in [2.24, 2.45) is 0 Å². The Morgan fingerprint density at radius 2 is 1.10 bits per heavy atom. The van der Waals surface area contributed by atoms with Crippen LogP contribution in [0.2, 0.25) is 0 Å². The van der Waals surface area contributed by atoms with Crippen molar-refractivity contribution < 1.29 is 42.8 Å². The highest BCUT2D eigenvalue weighted by Gasteiger charge is 2.44. The Bertz CT molecular complexity index is 1470. The molecule has 5 rings (SSSR count). The number of alkyl halides is 2. The number of fused-ring (bicyclic) bond motifs is 1. The summed E-state index contributed by atoms with van der Waals surface area (Å²) in [5.41, 5.74) is 0. The topological polar surface area (TPSA) is 97.3 Å². The summed E-state index contributed by atoms with van der Waals surface area (Å²) in [6.07, 6.45) is 0. The number of carbonyl (C=O) groups excluding carboxylic acids is 1. The van der Waals surface area contributed by atoms with E-state index in [4.69, 9.17) is 4.74 Å². The van der Waals surface area contributed by atoms with Crippen LogP contribution in [0.1, 0.15) is 56.4 Å². The average Bonchev–Trinajstić information content (AvgIpc) is 3.15. The summed E-state index contributed by atoms with van der Waals surface area (Å²) < 4.78 is 38.9. The number of rotatable bonds is 10. The lowest BCUT2D eigenvalue weighted by Crippen LogP contribution is -2.29. The molecular formula is C39H50F2O7S2. The summed E-state index contributed by atoms with van der Waals surface area (Å²) in [7, 11) is -0.0146. The fourth-order valence-electron chi connectivity index (χ4n) is 3.79. The van der Waals surface area contributed by atoms with Gasteiger partial charge in [-0.3, -0.25) is 5.04 Å². The molecule has 1 N–H and O–H groups in total. The Hall–Kier alpha value is -4.13. The van der Waals surface area contributed by atoms with Crippen LogP contribution in [0.5, 0.6) is 11.5 Å². The molecule has 5 aromatic carbocycles. The lowest BCUT2D eigenvalue weighted by Gasteiger charge is -2.15. The van der Waals surface area contributed by atoms with E-state index in [0.717, 1.165) is 0 Å². The molecule has 0 aliphatic rings. The van der Waals surface area contributed by atoms with Crippen LogP contribution >= 0.6 is 12.0 Å². The number of halogens is 2. The van der Waals surface area contributed by atoms with E-state index >= 15 is 0 Å². The third-order valence-electron chi connectivity index (χ3n) is 5.60. The van der Waals surface area contributed by atoms with Gasteiger partial charge in [-0.15, -0.1) is 0 Å². The van der Waals surface area contributed by atoms with Crippen LogP contribution in [-0.4, -0.2) is 23.1 Å². The summed E-state index contributed by atoms with van der Waals surface area (Å²) in [4.78, 5) is 15.2. The fourth-order valence-corrected chi connectivity index (χ4v) is 6.13. The van der Waals surface area contributed by atoms with Crippen molar-refractivity contribution >= 4 is 39.7 Å². The Kier molecular flexibility index (Phi) is 26.6. The molecule has 7 nitrogen and oxygen atoms in total. The maximum Gasteiger partial charge on any atom is 0.415 e. The van der Waals surface area contributed by atoms with Crippen LogP contribution in [-0.2, 0) is 29.8 Å². The minimum Gasteiger partial charge on any atom is -0.691 e. The highest BCUT2D eigenvalue weighted by Crippen LogP contribution is 2.33. The summed E-state index contributed by atoms with van der Waals surface area (Å²) in [6.45, 7) is 11.2. The van der Waals surface area contributed by atoms with E-state index in [9.17, 15) is 23.9 Å².